The van der Waals surface area contributed by atoms with Crippen LogP contribution in [0.3, 0.4) is 0 Å². The quantitative estimate of drug-likeness (QED) is 0.417. The third-order valence-corrected chi connectivity index (χ3v) is 4.05. The van der Waals surface area contributed by atoms with Crippen molar-refractivity contribution in [2.75, 3.05) is 5.73 Å². The Balaban J connectivity index is 2.33. The van der Waals surface area contributed by atoms with Gasteiger partial charge < -0.3 is 5.73 Å². The van der Waals surface area contributed by atoms with Gasteiger partial charge in [-0.2, -0.15) is 5.10 Å². The molecule has 0 aliphatic heterocycles. The number of nitro benzene ring substituents is 1. The van der Waals surface area contributed by atoms with E-state index in [1.807, 2.05) is 0 Å². The van der Waals surface area contributed by atoms with Gasteiger partial charge in [0.05, 0.1) is 22.9 Å². The average molecular weight is 315 g/mol. The number of non-ortho nitro benzene ring substituents is 1. The van der Waals surface area contributed by atoms with Crippen LogP contribution in [0.5, 0.6) is 0 Å². The Hall–Kier alpha value is -2.53. The lowest BCUT2D eigenvalue weighted by molar-refractivity contribution is -0.385. The third-order valence-electron chi connectivity index (χ3n) is 2.56. The highest BCUT2D eigenvalue weighted by atomic mass is 32.2. The summed E-state index contributed by atoms with van der Waals surface area (Å²) < 4.78 is 40.0. The molecule has 9 nitrogen and oxygen atoms in total. The molecule has 0 atom stereocenters. The molecule has 11 heteroatoms. The van der Waals surface area contributed by atoms with Gasteiger partial charge in [-0.3, -0.25) is 15.2 Å². The predicted molar refractivity (Wildman–Crippen MR) is 70.1 cm³/mol. The average Bonchev–Trinajstić information content (AvgIpc) is 2.88. The molecular weight excluding hydrogens is 305 g/mol. The number of nitrogens with one attached hydrogen (secondary N) is 2. The summed E-state index contributed by atoms with van der Waals surface area (Å²) in [5, 5.41) is 16.7. The molecule has 0 radical (unpaired) electrons. The number of hydrogen-bond acceptors (Lipinski definition) is 6. The van der Waals surface area contributed by atoms with Crippen molar-refractivity contribution in [3.8, 4) is 0 Å². The van der Waals surface area contributed by atoms with Gasteiger partial charge in [0, 0.05) is 24.4 Å². The van der Waals surface area contributed by atoms with E-state index in [0.29, 0.717) is 11.6 Å². The lowest BCUT2D eigenvalue weighted by atomic mass is 10.3. The topological polar surface area (TPSA) is 144 Å². The van der Waals surface area contributed by atoms with Gasteiger partial charge >= 0.3 is 0 Å². The summed E-state index contributed by atoms with van der Waals surface area (Å²) in [5.74, 6) is -1.29. The molecule has 1 heterocycles. The number of nitrogens with two attached hydrogens (primary N) is 1. The first-order valence-corrected chi connectivity index (χ1v) is 7.00. The van der Waals surface area contributed by atoms with E-state index in [-0.39, 0.29) is 6.54 Å². The molecular formula is C10H10FN5O4S. The van der Waals surface area contributed by atoms with Crippen molar-refractivity contribution in [1.29, 1.82) is 0 Å². The maximum atomic E-state index is 13.8. The van der Waals surface area contributed by atoms with Crippen molar-refractivity contribution in [3.63, 3.8) is 0 Å². The summed E-state index contributed by atoms with van der Waals surface area (Å²) in [5.41, 5.74) is 4.77. The molecule has 0 bridgehead atoms. The Kier molecular flexibility index (Phi) is 3.86. The molecule has 0 aliphatic rings. The van der Waals surface area contributed by atoms with Gasteiger partial charge in [-0.25, -0.2) is 17.5 Å². The summed E-state index contributed by atoms with van der Waals surface area (Å²) in [6.45, 7) is -0.130. The second-order valence-electron chi connectivity index (χ2n) is 4.03. The first-order chi connectivity index (χ1) is 9.81. The normalized spacial score (nSPS) is 11.5. The largest absolute Gasteiger partial charge is 0.397 e. The lowest BCUT2D eigenvalue weighted by Crippen LogP contribution is -2.25. The number of nitrogens with zero attached hydrogens (tertiary/aromatic N) is 2. The summed E-state index contributed by atoms with van der Waals surface area (Å²) in [6.07, 6.45) is 2.84. The first-order valence-electron chi connectivity index (χ1n) is 5.52. The maximum Gasteiger partial charge on any atom is 0.274 e. The molecule has 0 unspecified atom stereocenters. The molecule has 0 spiro atoms. The molecule has 1 aromatic carbocycles. The van der Waals surface area contributed by atoms with E-state index in [1.54, 1.807) is 0 Å². The van der Waals surface area contributed by atoms with Gasteiger partial charge in [0.25, 0.3) is 5.69 Å². The van der Waals surface area contributed by atoms with Crippen LogP contribution in [0.1, 0.15) is 5.56 Å². The number of benzene rings is 1. The fourth-order valence-corrected chi connectivity index (χ4v) is 2.80. The third kappa shape index (κ3) is 3.14. The highest BCUT2D eigenvalue weighted by Crippen LogP contribution is 2.27. The number of H-pyrrole nitrogens is 1. The van der Waals surface area contributed by atoms with E-state index in [2.05, 4.69) is 14.9 Å². The maximum absolute atomic E-state index is 13.8. The Morgan fingerprint density at radius 1 is 1.48 bits per heavy atom. The van der Waals surface area contributed by atoms with Crippen LogP contribution in [0.15, 0.2) is 29.4 Å². The zero-order valence-corrected chi connectivity index (χ0v) is 11.2. The smallest absolute Gasteiger partial charge is 0.274 e. The molecule has 0 saturated heterocycles. The number of nitro groups is 1. The van der Waals surface area contributed by atoms with Crippen LogP contribution in [-0.4, -0.2) is 23.5 Å². The number of hydrogen-bond donors (Lipinski definition) is 3. The molecule has 4 N–H and O–H groups in total. The van der Waals surface area contributed by atoms with Crippen LogP contribution >= 0.6 is 0 Å². The van der Waals surface area contributed by atoms with E-state index >= 15 is 0 Å². The standard InChI is InChI=1S/C10H10FN5O4S/c11-8-1-7(16(17)18)2-9(12)10(8)21(19,20)15-5-6-3-13-14-4-6/h1-4,15H,5,12H2,(H,13,14). The van der Waals surface area contributed by atoms with Gasteiger partial charge in [0.15, 0.2) is 5.82 Å². The minimum absolute atomic E-state index is 0.130. The Bertz CT molecular complexity index is 752. The second kappa shape index (κ2) is 5.46. The number of rotatable bonds is 5. The van der Waals surface area contributed by atoms with Crippen molar-refractivity contribution < 1.29 is 17.7 Å². The van der Waals surface area contributed by atoms with Crippen molar-refractivity contribution in [2.45, 2.75) is 11.4 Å². The van der Waals surface area contributed by atoms with Gasteiger partial charge in [-0.05, 0) is 0 Å². The number of aromatic nitrogens is 2. The fraction of sp³-hybridized carbons (Fsp3) is 0.100. The van der Waals surface area contributed by atoms with Crippen LogP contribution in [-0.2, 0) is 16.6 Å². The zero-order valence-electron chi connectivity index (χ0n) is 10.4. The van der Waals surface area contributed by atoms with Crippen molar-refractivity contribution in [3.05, 3.63) is 46.0 Å². The molecule has 2 rings (SSSR count). The second-order valence-corrected chi connectivity index (χ2v) is 5.74. The molecule has 0 aliphatic carbocycles. The molecule has 0 fully saturated rings. The fourth-order valence-electron chi connectivity index (χ4n) is 1.61. The molecule has 2 aromatic rings. The molecule has 112 valence electrons. The summed E-state index contributed by atoms with van der Waals surface area (Å²) in [6, 6.07) is 1.29. The number of nitrogen functional groups attached to an aromatic ring is 1. The number of sulfonamides is 1. The molecule has 21 heavy (non-hydrogen) atoms. The minimum Gasteiger partial charge on any atom is -0.397 e. The molecule has 0 amide bonds. The highest BCUT2D eigenvalue weighted by Gasteiger charge is 2.25. The monoisotopic (exact) mass is 315 g/mol. The van der Waals surface area contributed by atoms with Crippen LogP contribution in [0.25, 0.3) is 0 Å². The van der Waals surface area contributed by atoms with Crippen LogP contribution in [0.4, 0.5) is 15.8 Å². The van der Waals surface area contributed by atoms with Crippen molar-refractivity contribution in [2.24, 2.45) is 0 Å². The van der Waals surface area contributed by atoms with Gasteiger partial charge in [-0.15, -0.1) is 0 Å². The van der Waals surface area contributed by atoms with E-state index in [1.165, 1.54) is 12.4 Å². The Labute approximate surface area is 118 Å². The lowest BCUT2D eigenvalue weighted by Gasteiger charge is -2.09. The zero-order chi connectivity index (χ0) is 15.6. The van der Waals surface area contributed by atoms with E-state index in [4.69, 9.17) is 5.73 Å². The van der Waals surface area contributed by atoms with Crippen molar-refractivity contribution >= 4 is 21.4 Å². The summed E-state index contributed by atoms with van der Waals surface area (Å²) in [4.78, 5) is 8.87. The molecule has 0 saturated carbocycles. The van der Waals surface area contributed by atoms with Crippen LogP contribution in [0.2, 0.25) is 0 Å². The minimum atomic E-state index is -4.25. The number of halogens is 1. The van der Waals surface area contributed by atoms with Crippen LogP contribution < -0.4 is 10.5 Å². The highest BCUT2D eigenvalue weighted by molar-refractivity contribution is 7.89. The van der Waals surface area contributed by atoms with Gasteiger partial charge in [0.1, 0.15) is 4.90 Å². The Morgan fingerprint density at radius 2 is 2.19 bits per heavy atom. The summed E-state index contributed by atoms with van der Waals surface area (Å²) in [7, 11) is -4.25. The predicted octanol–water partition coefficient (Wildman–Crippen LogP) is 0.518. The number of aromatic amines is 1. The van der Waals surface area contributed by atoms with E-state index in [0.717, 1.165) is 6.07 Å². The number of anilines is 1. The molecule has 1 aromatic heterocycles. The van der Waals surface area contributed by atoms with Crippen molar-refractivity contribution in [1.82, 2.24) is 14.9 Å². The first kappa shape index (κ1) is 14.9. The van der Waals surface area contributed by atoms with Gasteiger partial charge in [0.2, 0.25) is 10.0 Å². The summed E-state index contributed by atoms with van der Waals surface area (Å²) >= 11 is 0. The Morgan fingerprint density at radius 3 is 2.71 bits per heavy atom. The van der Waals surface area contributed by atoms with Crippen LogP contribution in [0, 0.1) is 15.9 Å². The van der Waals surface area contributed by atoms with Gasteiger partial charge in [-0.1, -0.05) is 0 Å². The van der Waals surface area contributed by atoms with E-state index < -0.39 is 37.0 Å². The SMILES string of the molecule is Nc1cc([N+](=O)[O-])cc(F)c1S(=O)(=O)NCc1cn[nH]c1. The van der Waals surface area contributed by atoms with E-state index in [9.17, 15) is 22.9 Å².